The third kappa shape index (κ3) is 3.26. The molecule has 2 aliphatic heterocycles. The Hall–Kier alpha value is -6.52. The normalized spacial score (nSPS) is 13.1. The van der Waals surface area contributed by atoms with Crippen LogP contribution in [-0.4, -0.2) is 16.0 Å². The van der Waals surface area contributed by atoms with Gasteiger partial charge in [-0.2, -0.15) is 0 Å². The summed E-state index contributed by atoms with van der Waals surface area (Å²) < 4.78 is 5.11. The quantitative estimate of drug-likeness (QED) is 0.173. The number of fused-ring (bicyclic) bond motifs is 12. The number of rotatable bonds is 2. The molecule has 50 heavy (non-hydrogen) atoms. The maximum atomic E-state index is 2.58. The lowest BCUT2D eigenvalue weighted by Gasteiger charge is -2.42. The largest absolute Gasteiger partial charge is 0.376 e. The second-order valence-corrected chi connectivity index (χ2v) is 13.7. The van der Waals surface area contributed by atoms with Gasteiger partial charge in [0, 0.05) is 44.2 Å². The highest BCUT2D eigenvalue weighted by Gasteiger charge is 2.44. The number of hydrogen-bond donors (Lipinski definition) is 0. The number of aromatic nitrogens is 2. The van der Waals surface area contributed by atoms with E-state index in [0.717, 1.165) is 0 Å². The van der Waals surface area contributed by atoms with E-state index in [0.29, 0.717) is 0 Å². The van der Waals surface area contributed by atoms with E-state index in [2.05, 4.69) is 184 Å². The van der Waals surface area contributed by atoms with Crippen molar-refractivity contribution in [2.45, 2.75) is 0 Å². The summed E-state index contributed by atoms with van der Waals surface area (Å²) in [4.78, 5) is 2.58. The first-order chi connectivity index (χ1) is 24.8. The molecule has 0 aliphatic carbocycles. The van der Waals surface area contributed by atoms with E-state index in [1.807, 2.05) is 0 Å². The number of nitrogens with zero attached hydrogens (tertiary/aromatic N) is 3. The summed E-state index contributed by atoms with van der Waals surface area (Å²) in [7, 11) is 0. The second kappa shape index (κ2) is 9.55. The highest BCUT2D eigenvalue weighted by Crippen LogP contribution is 2.48. The Kier molecular flexibility index (Phi) is 5.05. The van der Waals surface area contributed by atoms with Crippen molar-refractivity contribution >= 4 is 83.5 Å². The van der Waals surface area contributed by atoms with Crippen molar-refractivity contribution in [3.63, 3.8) is 0 Å². The SMILES string of the molecule is c1ccc(N2B3c4ccccc4-n4c5cc6ccccc6cc5c5c(-n6c7ccccc7c7ccccc76)cc(c3c54)-c3ccccc32)cc1. The van der Waals surface area contributed by atoms with Crippen LogP contribution in [0.25, 0.3) is 76.9 Å². The molecule has 0 bridgehead atoms. The van der Waals surface area contributed by atoms with E-state index < -0.39 is 0 Å². The molecule has 0 unspecified atom stereocenters. The van der Waals surface area contributed by atoms with Gasteiger partial charge < -0.3 is 13.9 Å². The zero-order chi connectivity index (χ0) is 32.5. The van der Waals surface area contributed by atoms with Crippen LogP contribution in [0.15, 0.2) is 170 Å². The molecule has 4 heterocycles. The average Bonchev–Trinajstić information content (AvgIpc) is 3.70. The fraction of sp³-hybridized carbons (Fsp3) is 0. The van der Waals surface area contributed by atoms with Crippen molar-refractivity contribution in [3.05, 3.63) is 170 Å². The molecule has 0 saturated carbocycles. The first-order valence-corrected chi connectivity index (χ1v) is 17.4. The molecule has 3 nitrogen and oxygen atoms in total. The van der Waals surface area contributed by atoms with Gasteiger partial charge in [0.2, 0.25) is 0 Å². The fourth-order valence-corrected chi connectivity index (χ4v) is 9.28. The zero-order valence-corrected chi connectivity index (χ0v) is 27.1. The first-order valence-electron chi connectivity index (χ1n) is 17.4. The third-order valence-corrected chi connectivity index (χ3v) is 11.2. The molecule has 12 rings (SSSR count). The Bertz CT molecular complexity index is 3010. The Morgan fingerprint density at radius 2 is 1.02 bits per heavy atom. The monoisotopic (exact) mass is 633 g/mol. The molecule has 2 aromatic heterocycles. The van der Waals surface area contributed by atoms with Gasteiger partial charge in [-0.3, -0.25) is 0 Å². The molecule has 0 saturated heterocycles. The highest BCUT2D eigenvalue weighted by atomic mass is 15.1. The molecule has 8 aromatic carbocycles. The number of para-hydroxylation sites is 5. The van der Waals surface area contributed by atoms with E-state index in [1.54, 1.807) is 0 Å². The van der Waals surface area contributed by atoms with Gasteiger partial charge >= 0.3 is 6.85 Å². The van der Waals surface area contributed by atoms with Gasteiger partial charge in [-0.15, -0.1) is 0 Å². The van der Waals surface area contributed by atoms with Crippen molar-refractivity contribution in [2.24, 2.45) is 0 Å². The number of anilines is 2. The summed E-state index contributed by atoms with van der Waals surface area (Å²) in [6, 6.07) is 62.9. The van der Waals surface area contributed by atoms with Crippen LogP contribution in [0.4, 0.5) is 11.4 Å². The molecule has 230 valence electrons. The van der Waals surface area contributed by atoms with Crippen molar-refractivity contribution in [1.82, 2.24) is 9.13 Å². The predicted molar refractivity (Wildman–Crippen MR) is 212 cm³/mol. The minimum atomic E-state index is -0.000529. The van der Waals surface area contributed by atoms with Crippen LogP contribution in [0, 0.1) is 0 Å². The van der Waals surface area contributed by atoms with Gasteiger partial charge in [0.15, 0.2) is 0 Å². The van der Waals surface area contributed by atoms with E-state index in [1.165, 1.54) is 99.2 Å². The number of hydrogen-bond acceptors (Lipinski definition) is 1. The fourth-order valence-electron chi connectivity index (χ4n) is 9.28. The molecular formula is C46H28BN3. The van der Waals surface area contributed by atoms with E-state index >= 15 is 0 Å². The molecule has 4 heteroatoms. The predicted octanol–water partition coefficient (Wildman–Crippen LogP) is 10.3. The minimum Gasteiger partial charge on any atom is -0.376 e. The summed E-state index contributed by atoms with van der Waals surface area (Å²) in [5.41, 5.74) is 15.1. The summed E-state index contributed by atoms with van der Waals surface area (Å²) in [5.74, 6) is 0. The molecule has 0 N–H and O–H groups in total. The van der Waals surface area contributed by atoms with Crippen LogP contribution >= 0.6 is 0 Å². The molecule has 0 atom stereocenters. The third-order valence-electron chi connectivity index (χ3n) is 11.2. The van der Waals surface area contributed by atoms with E-state index in [-0.39, 0.29) is 6.85 Å². The van der Waals surface area contributed by atoms with Gasteiger partial charge in [-0.25, -0.2) is 0 Å². The van der Waals surface area contributed by atoms with Gasteiger partial charge in [-0.1, -0.05) is 115 Å². The van der Waals surface area contributed by atoms with Crippen molar-refractivity contribution in [2.75, 3.05) is 4.81 Å². The van der Waals surface area contributed by atoms with Crippen molar-refractivity contribution in [1.29, 1.82) is 0 Å². The highest BCUT2D eigenvalue weighted by molar-refractivity contribution is 6.93. The lowest BCUT2D eigenvalue weighted by Crippen LogP contribution is -2.60. The van der Waals surface area contributed by atoms with Gasteiger partial charge in [-0.05, 0) is 81.9 Å². The second-order valence-electron chi connectivity index (χ2n) is 13.7. The van der Waals surface area contributed by atoms with Crippen LogP contribution < -0.4 is 15.7 Å². The van der Waals surface area contributed by atoms with Gasteiger partial charge in [0.25, 0.3) is 0 Å². The minimum absolute atomic E-state index is 0.000529. The average molecular weight is 634 g/mol. The van der Waals surface area contributed by atoms with Gasteiger partial charge in [0.1, 0.15) is 0 Å². The van der Waals surface area contributed by atoms with Crippen LogP contribution in [0.5, 0.6) is 0 Å². The van der Waals surface area contributed by atoms with Crippen LogP contribution in [0.2, 0.25) is 0 Å². The smallest absolute Gasteiger partial charge is 0.333 e. The Morgan fingerprint density at radius 3 is 1.80 bits per heavy atom. The Labute approximate surface area is 288 Å². The van der Waals surface area contributed by atoms with E-state index in [9.17, 15) is 0 Å². The van der Waals surface area contributed by atoms with Gasteiger partial charge in [0.05, 0.1) is 27.8 Å². The van der Waals surface area contributed by atoms with Crippen LogP contribution in [-0.2, 0) is 0 Å². The molecule has 2 aliphatic rings. The zero-order valence-electron chi connectivity index (χ0n) is 27.1. The maximum Gasteiger partial charge on any atom is 0.333 e. The first kappa shape index (κ1) is 26.4. The summed E-state index contributed by atoms with van der Waals surface area (Å²) >= 11 is 0. The molecule has 0 spiro atoms. The lowest BCUT2D eigenvalue weighted by atomic mass is 9.44. The van der Waals surface area contributed by atoms with Crippen LogP contribution in [0.1, 0.15) is 0 Å². The Morgan fingerprint density at radius 1 is 0.400 bits per heavy atom. The summed E-state index contributed by atoms with van der Waals surface area (Å²) in [6.07, 6.45) is 0. The van der Waals surface area contributed by atoms with Crippen molar-refractivity contribution < 1.29 is 0 Å². The molecule has 10 aromatic rings. The topological polar surface area (TPSA) is 13.1 Å². The van der Waals surface area contributed by atoms with Crippen molar-refractivity contribution in [3.8, 4) is 22.5 Å². The van der Waals surface area contributed by atoms with E-state index in [4.69, 9.17) is 0 Å². The summed E-state index contributed by atoms with van der Waals surface area (Å²) in [6.45, 7) is -0.000529. The Balaban J connectivity index is 1.36. The molecular weight excluding hydrogens is 605 g/mol. The molecule has 0 amide bonds. The number of benzene rings is 8. The summed E-state index contributed by atoms with van der Waals surface area (Å²) in [5, 5.41) is 7.62. The molecule has 0 fully saturated rings. The standard InChI is InChI=1S/C46H28BN3/c1-2-16-31(17-3-1)50-40-24-12-8-20-34(40)35-28-43(48-38-22-10-6-18-32(38)33-19-7-11-23-39(33)48)44-36-26-29-14-4-5-15-30(29)27-42(36)49-41-25-13-9-21-37(41)47(50)45(35)46(44)49/h1-28H. The van der Waals surface area contributed by atoms with Crippen LogP contribution in [0.3, 0.4) is 0 Å². The lowest BCUT2D eigenvalue weighted by molar-refractivity contribution is 1.17. The molecule has 0 radical (unpaired) electrons. The maximum absolute atomic E-state index is 2.58.